The molecule has 0 aromatic heterocycles. The molecule has 1 fully saturated rings. The van der Waals surface area contributed by atoms with Gasteiger partial charge in [-0.25, -0.2) is 13.1 Å². The predicted octanol–water partition coefficient (Wildman–Crippen LogP) is 1.43. The van der Waals surface area contributed by atoms with Gasteiger partial charge in [-0.2, -0.15) is 5.26 Å². The second-order valence-electron chi connectivity index (χ2n) is 5.63. The Morgan fingerprint density at radius 1 is 1.50 bits per heavy atom. The van der Waals surface area contributed by atoms with E-state index in [1.807, 2.05) is 13.0 Å². The number of aliphatic carboxylic acids is 1. The maximum atomic E-state index is 12.5. The van der Waals surface area contributed by atoms with E-state index in [0.29, 0.717) is 19.4 Å². The van der Waals surface area contributed by atoms with E-state index in [-0.39, 0.29) is 34.1 Å². The van der Waals surface area contributed by atoms with E-state index in [1.165, 1.54) is 18.2 Å². The van der Waals surface area contributed by atoms with Gasteiger partial charge in [-0.15, -0.1) is 0 Å². The average Bonchev–Trinajstić information content (AvgIpc) is 2.48. The highest BCUT2D eigenvalue weighted by atomic mass is 35.5. The van der Waals surface area contributed by atoms with Crippen molar-refractivity contribution in [3.8, 4) is 6.07 Å². The Morgan fingerprint density at radius 3 is 2.71 bits per heavy atom. The van der Waals surface area contributed by atoms with Crippen molar-refractivity contribution < 1.29 is 18.3 Å². The maximum Gasteiger partial charge on any atom is 0.317 e. The highest BCUT2D eigenvalue weighted by molar-refractivity contribution is 7.89. The Morgan fingerprint density at radius 2 is 2.17 bits per heavy atom. The van der Waals surface area contributed by atoms with Gasteiger partial charge in [-0.3, -0.25) is 9.69 Å². The number of hydrogen-bond acceptors (Lipinski definition) is 5. The molecule has 9 heteroatoms. The van der Waals surface area contributed by atoms with E-state index in [2.05, 4.69) is 4.72 Å². The smallest absolute Gasteiger partial charge is 0.317 e. The first-order chi connectivity index (χ1) is 11.3. The lowest BCUT2D eigenvalue weighted by atomic mass is 9.86. The number of carboxylic acid groups (broad SMARTS) is 1. The minimum atomic E-state index is -3.86. The number of nitrogens with one attached hydrogen (secondary N) is 1. The monoisotopic (exact) mass is 371 g/mol. The number of nitriles is 1. The van der Waals surface area contributed by atoms with E-state index in [4.69, 9.17) is 22.0 Å². The Kier molecular flexibility index (Phi) is 5.83. The lowest BCUT2D eigenvalue weighted by molar-refractivity contribution is -0.139. The van der Waals surface area contributed by atoms with E-state index in [1.54, 1.807) is 4.90 Å². The third-order valence-electron chi connectivity index (χ3n) is 4.07. The van der Waals surface area contributed by atoms with E-state index < -0.39 is 16.0 Å². The summed E-state index contributed by atoms with van der Waals surface area (Å²) in [5, 5.41) is 18.1. The standard InChI is InChI=1S/C15H18ClN3O4S/c1-2-19(9-15(20)21)11-6-10(7-11)18-24(22,23)14-5-3-4-13(16)12(14)8-17/h3-5,10-11,18H,2,6-7,9H2,1H3,(H,20,21). The second-order valence-corrected chi connectivity index (χ2v) is 7.71. The van der Waals surface area contributed by atoms with Crippen LogP contribution in [0.25, 0.3) is 0 Å². The number of carbonyl (C=O) groups is 1. The molecule has 0 unspecified atom stereocenters. The third-order valence-corrected chi connectivity index (χ3v) is 5.95. The Balaban J connectivity index is 2.05. The summed E-state index contributed by atoms with van der Waals surface area (Å²) < 4.78 is 27.5. The molecule has 0 amide bonds. The van der Waals surface area contributed by atoms with E-state index >= 15 is 0 Å². The van der Waals surface area contributed by atoms with Gasteiger partial charge >= 0.3 is 5.97 Å². The molecule has 0 bridgehead atoms. The van der Waals surface area contributed by atoms with Crippen LogP contribution in [0.4, 0.5) is 0 Å². The molecule has 0 aliphatic heterocycles. The largest absolute Gasteiger partial charge is 0.480 e. The molecule has 24 heavy (non-hydrogen) atoms. The maximum absolute atomic E-state index is 12.5. The van der Waals surface area contributed by atoms with Gasteiger partial charge in [0.15, 0.2) is 0 Å². The van der Waals surface area contributed by atoms with Crippen LogP contribution in [0, 0.1) is 11.3 Å². The zero-order chi connectivity index (χ0) is 17.9. The van der Waals surface area contributed by atoms with E-state index in [9.17, 15) is 13.2 Å². The first kappa shape index (κ1) is 18.7. The summed E-state index contributed by atoms with van der Waals surface area (Å²) >= 11 is 5.87. The zero-order valence-corrected chi connectivity index (χ0v) is 14.6. The van der Waals surface area contributed by atoms with Crippen molar-refractivity contribution in [3.05, 3.63) is 28.8 Å². The molecule has 1 aromatic rings. The van der Waals surface area contributed by atoms with Crippen LogP contribution in [0.5, 0.6) is 0 Å². The van der Waals surface area contributed by atoms with Gasteiger partial charge in [0, 0.05) is 12.1 Å². The molecule has 0 spiro atoms. The number of likely N-dealkylation sites (N-methyl/N-ethyl adjacent to an activating group) is 1. The number of nitrogens with zero attached hydrogens (tertiary/aromatic N) is 2. The normalized spacial score (nSPS) is 20.4. The lowest BCUT2D eigenvalue weighted by Crippen LogP contribution is -2.54. The number of sulfonamides is 1. The topological polar surface area (TPSA) is 110 Å². The van der Waals surface area contributed by atoms with Crippen molar-refractivity contribution in [2.45, 2.75) is 36.7 Å². The summed E-state index contributed by atoms with van der Waals surface area (Å²) in [7, 11) is -3.86. The molecular weight excluding hydrogens is 354 g/mol. The van der Waals surface area contributed by atoms with Gasteiger partial charge in [0.2, 0.25) is 10.0 Å². The minimum absolute atomic E-state index is 0.0357. The molecule has 1 aliphatic carbocycles. The molecule has 1 saturated carbocycles. The molecular formula is C15H18ClN3O4S. The number of benzene rings is 1. The van der Waals surface area contributed by atoms with Crippen LogP contribution >= 0.6 is 11.6 Å². The fraction of sp³-hybridized carbons (Fsp3) is 0.467. The lowest BCUT2D eigenvalue weighted by Gasteiger charge is -2.42. The van der Waals surface area contributed by atoms with Crippen molar-refractivity contribution in [1.29, 1.82) is 5.26 Å². The summed E-state index contributed by atoms with van der Waals surface area (Å²) in [6.07, 6.45) is 1.06. The molecule has 2 N–H and O–H groups in total. The fourth-order valence-electron chi connectivity index (χ4n) is 2.77. The summed E-state index contributed by atoms with van der Waals surface area (Å²) in [5.41, 5.74) is -0.0800. The summed E-state index contributed by atoms with van der Waals surface area (Å²) in [4.78, 5) is 12.5. The molecule has 0 heterocycles. The Bertz CT molecular complexity index is 769. The highest BCUT2D eigenvalue weighted by Crippen LogP contribution is 2.29. The molecule has 2 rings (SSSR count). The van der Waals surface area contributed by atoms with Crippen LogP contribution in [0.2, 0.25) is 5.02 Å². The van der Waals surface area contributed by atoms with Gasteiger partial charge in [0.25, 0.3) is 0 Å². The third kappa shape index (κ3) is 4.05. The number of rotatable bonds is 7. The second kappa shape index (κ2) is 7.49. The molecule has 130 valence electrons. The molecule has 1 aliphatic rings. The number of hydrogen-bond donors (Lipinski definition) is 2. The Labute approximate surface area is 145 Å². The van der Waals surface area contributed by atoms with Crippen LogP contribution in [0.3, 0.4) is 0 Å². The molecule has 0 saturated heterocycles. The van der Waals surface area contributed by atoms with Crippen LogP contribution in [-0.2, 0) is 14.8 Å². The summed E-state index contributed by atoms with van der Waals surface area (Å²) in [6, 6.07) is 5.84. The minimum Gasteiger partial charge on any atom is -0.480 e. The van der Waals surface area contributed by atoms with Crippen molar-refractivity contribution in [2.24, 2.45) is 0 Å². The SMILES string of the molecule is CCN(CC(=O)O)C1CC(NS(=O)(=O)c2cccc(Cl)c2C#N)C1. The molecule has 7 nitrogen and oxygen atoms in total. The summed E-state index contributed by atoms with van der Waals surface area (Å²) in [5.74, 6) is -0.904. The highest BCUT2D eigenvalue weighted by Gasteiger charge is 2.36. The van der Waals surface area contributed by atoms with Crippen molar-refractivity contribution in [1.82, 2.24) is 9.62 Å². The first-order valence-corrected chi connectivity index (χ1v) is 9.31. The van der Waals surface area contributed by atoms with Crippen molar-refractivity contribution >= 4 is 27.6 Å². The number of carboxylic acids is 1. The first-order valence-electron chi connectivity index (χ1n) is 7.45. The van der Waals surface area contributed by atoms with Gasteiger partial charge < -0.3 is 5.11 Å². The molecule has 0 radical (unpaired) electrons. The van der Waals surface area contributed by atoms with Crippen molar-refractivity contribution in [2.75, 3.05) is 13.1 Å². The van der Waals surface area contributed by atoms with E-state index in [0.717, 1.165) is 0 Å². The molecule has 0 atom stereocenters. The summed E-state index contributed by atoms with van der Waals surface area (Å²) in [6.45, 7) is 2.39. The van der Waals surface area contributed by atoms with Gasteiger partial charge in [-0.1, -0.05) is 24.6 Å². The predicted molar refractivity (Wildman–Crippen MR) is 88.2 cm³/mol. The number of halogens is 1. The van der Waals surface area contributed by atoms with Crippen LogP contribution in [0.1, 0.15) is 25.3 Å². The average molecular weight is 372 g/mol. The molecule has 1 aromatic carbocycles. The van der Waals surface area contributed by atoms with Gasteiger partial charge in [-0.05, 0) is 31.5 Å². The van der Waals surface area contributed by atoms with Crippen molar-refractivity contribution in [3.63, 3.8) is 0 Å². The fourth-order valence-corrected chi connectivity index (χ4v) is 4.49. The van der Waals surface area contributed by atoms with Crippen LogP contribution in [-0.4, -0.2) is 49.6 Å². The van der Waals surface area contributed by atoms with Crippen LogP contribution in [0.15, 0.2) is 23.1 Å². The quantitative estimate of drug-likeness (QED) is 0.750. The Hall–Kier alpha value is -1.66. The van der Waals surface area contributed by atoms with Crippen LogP contribution < -0.4 is 4.72 Å². The van der Waals surface area contributed by atoms with Gasteiger partial charge in [0.1, 0.15) is 11.0 Å². The van der Waals surface area contributed by atoms with Gasteiger partial charge in [0.05, 0.1) is 17.1 Å². The zero-order valence-electron chi connectivity index (χ0n) is 13.1.